The second-order valence-corrected chi connectivity index (χ2v) is 6.46. The molecule has 150 valence electrons. The zero-order valence-electron chi connectivity index (χ0n) is 15.5. The van der Waals surface area contributed by atoms with Gasteiger partial charge in [0.15, 0.2) is 5.78 Å². The summed E-state index contributed by atoms with van der Waals surface area (Å²) in [4.78, 5) is 47.8. The van der Waals surface area contributed by atoms with Crippen LogP contribution in [-0.4, -0.2) is 43.0 Å². The van der Waals surface area contributed by atoms with Crippen LogP contribution in [-0.2, 0) is 19.1 Å². The number of halogens is 1. The number of nitrogens with one attached hydrogen (secondary N) is 2. The molecule has 0 aromatic heterocycles. The van der Waals surface area contributed by atoms with E-state index in [1.54, 1.807) is 38.1 Å². The van der Waals surface area contributed by atoms with Gasteiger partial charge in [-0.15, -0.1) is 0 Å². The van der Waals surface area contributed by atoms with Crippen LogP contribution in [0.3, 0.4) is 0 Å². The molecule has 8 nitrogen and oxygen atoms in total. The third-order valence-electron chi connectivity index (χ3n) is 3.97. The zero-order valence-corrected chi connectivity index (χ0v) is 16.3. The molecule has 0 spiro atoms. The van der Waals surface area contributed by atoms with E-state index in [0.29, 0.717) is 10.6 Å². The van der Waals surface area contributed by atoms with Crippen molar-refractivity contribution in [3.05, 3.63) is 46.1 Å². The van der Waals surface area contributed by atoms with Gasteiger partial charge in [0.1, 0.15) is 6.61 Å². The van der Waals surface area contributed by atoms with E-state index < -0.39 is 24.0 Å². The van der Waals surface area contributed by atoms with Crippen LogP contribution in [0.2, 0.25) is 5.02 Å². The minimum Gasteiger partial charge on any atom is -0.463 e. The first-order valence-corrected chi connectivity index (χ1v) is 9.11. The van der Waals surface area contributed by atoms with Crippen molar-refractivity contribution in [2.24, 2.45) is 0 Å². The van der Waals surface area contributed by atoms with Crippen LogP contribution in [0.15, 0.2) is 35.5 Å². The van der Waals surface area contributed by atoms with E-state index in [0.717, 1.165) is 0 Å². The molecule has 2 amide bonds. The van der Waals surface area contributed by atoms with E-state index in [9.17, 15) is 19.2 Å². The van der Waals surface area contributed by atoms with Gasteiger partial charge in [0, 0.05) is 17.0 Å². The summed E-state index contributed by atoms with van der Waals surface area (Å²) in [5.74, 6) is -1.45. The van der Waals surface area contributed by atoms with Gasteiger partial charge in [-0.25, -0.2) is 9.59 Å². The molecule has 1 aliphatic heterocycles. The fourth-order valence-electron chi connectivity index (χ4n) is 2.61. The summed E-state index contributed by atoms with van der Waals surface area (Å²) in [6.45, 7) is 3.15. The molecule has 1 heterocycles. The van der Waals surface area contributed by atoms with E-state index in [1.165, 1.54) is 0 Å². The smallest absolute Gasteiger partial charge is 0.338 e. The first-order valence-electron chi connectivity index (χ1n) is 8.73. The van der Waals surface area contributed by atoms with Crippen molar-refractivity contribution in [3.8, 4) is 0 Å². The van der Waals surface area contributed by atoms with Crippen molar-refractivity contribution in [1.29, 1.82) is 0 Å². The number of esters is 2. The Morgan fingerprint density at radius 3 is 2.43 bits per heavy atom. The number of amides is 2. The largest absolute Gasteiger partial charge is 0.463 e. The number of carbonyl (C=O) groups excluding carboxylic acids is 4. The second-order valence-electron chi connectivity index (χ2n) is 6.02. The van der Waals surface area contributed by atoms with E-state index in [2.05, 4.69) is 10.6 Å². The quantitative estimate of drug-likeness (QED) is 0.504. The number of Topliss-reactive ketones (excluding diaryl/α,β-unsaturated/α-hetero) is 1. The maximum Gasteiger partial charge on any atom is 0.338 e. The molecule has 9 heteroatoms. The number of hydrogen-bond donors (Lipinski definition) is 2. The third-order valence-corrected chi connectivity index (χ3v) is 4.22. The Morgan fingerprint density at radius 2 is 1.79 bits per heavy atom. The average Bonchev–Trinajstić information content (AvgIpc) is 2.64. The molecule has 1 aromatic carbocycles. The molecule has 0 saturated carbocycles. The lowest BCUT2D eigenvalue weighted by Gasteiger charge is -2.26. The van der Waals surface area contributed by atoms with E-state index >= 15 is 0 Å². The van der Waals surface area contributed by atoms with Crippen molar-refractivity contribution in [2.75, 3.05) is 13.2 Å². The molecular formula is C19H21ClN2O6. The fraction of sp³-hybridized carbons (Fsp3) is 0.368. The van der Waals surface area contributed by atoms with Gasteiger partial charge in [0.05, 0.1) is 30.3 Å². The van der Waals surface area contributed by atoms with Crippen LogP contribution in [0.5, 0.6) is 0 Å². The maximum atomic E-state index is 12.1. The predicted octanol–water partition coefficient (Wildman–Crippen LogP) is 2.36. The highest BCUT2D eigenvalue weighted by Gasteiger charge is 2.30. The van der Waals surface area contributed by atoms with Crippen molar-refractivity contribution in [1.82, 2.24) is 10.6 Å². The van der Waals surface area contributed by atoms with Crippen LogP contribution in [0.25, 0.3) is 0 Å². The molecule has 28 heavy (non-hydrogen) atoms. The Labute approximate surface area is 167 Å². The number of ketones is 1. The highest BCUT2D eigenvalue weighted by molar-refractivity contribution is 6.30. The third kappa shape index (κ3) is 5.82. The highest BCUT2D eigenvalue weighted by Crippen LogP contribution is 2.15. The number of carbonyl (C=O) groups is 4. The van der Waals surface area contributed by atoms with Crippen molar-refractivity contribution < 1.29 is 28.7 Å². The Bertz CT molecular complexity index is 803. The summed E-state index contributed by atoms with van der Waals surface area (Å²) in [5, 5.41) is 5.52. The highest BCUT2D eigenvalue weighted by atomic mass is 35.5. The molecule has 0 aliphatic carbocycles. The second kappa shape index (κ2) is 9.89. The topological polar surface area (TPSA) is 111 Å². The van der Waals surface area contributed by atoms with Gasteiger partial charge in [0.25, 0.3) is 0 Å². The minimum atomic E-state index is -0.626. The molecule has 1 atom stereocenters. The van der Waals surface area contributed by atoms with Gasteiger partial charge in [0.2, 0.25) is 0 Å². The molecule has 1 aliphatic rings. The molecule has 0 fully saturated rings. The normalized spacial score (nSPS) is 16.1. The number of ether oxygens (including phenoxy) is 2. The Hall–Kier alpha value is -2.87. The lowest BCUT2D eigenvalue weighted by atomic mass is 10.0. The summed E-state index contributed by atoms with van der Waals surface area (Å²) in [5.41, 5.74) is 0.794. The van der Waals surface area contributed by atoms with Gasteiger partial charge in [-0.05, 0) is 38.1 Å². The lowest BCUT2D eigenvalue weighted by molar-refractivity contribution is -0.143. The Kier molecular flexibility index (Phi) is 7.57. The molecule has 1 aromatic rings. The van der Waals surface area contributed by atoms with Gasteiger partial charge in [-0.2, -0.15) is 0 Å². The van der Waals surface area contributed by atoms with E-state index in [4.69, 9.17) is 21.1 Å². The molecule has 2 rings (SSSR count). The van der Waals surface area contributed by atoms with Crippen molar-refractivity contribution in [3.63, 3.8) is 0 Å². The number of benzene rings is 1. The molecule has 0 radical (unpaired) electrons. The first-order chi connectivity index (χ1) is 13.3. The Balaban J connectivity index is 1.94. The van der Waals surface area contributed by atoms with Gasteiger partial charge in [-0.3, -0.25) is 9.59 Å². The zero-order chi connectivity index (χ0) is 20.7. The molecular weight excluding hydrogens is 388 g/mol. The predicted molar refractivity (Wildman–Crippen MR) is 101 cm³/mol. The number of rotatable bonds is 8. The summed E-state index contributed by atoms with van der Waals surface area (Å²) >= 11 is 5.78. The lowest BCUT2D eigenvalue weighted by Crippen LogP contribution is -2.50. The summed E-state index contributed by atoms with van der Waals surface area (Å²) in [6, 6.07) is 5.25. The van der Waals surface area contributed by atoms with E-state index in [-0.39, 0.29) is 43.1 Å². The SMILES string of the molecule is CCOC(=O)C1=C(COC(=O)CCC(=O)c2ccc(Cl)cc2)NC(=O)N[C@@H]1C. The molecule has 0 saturated heterocycles. The van der Waals surface area contributed by atoms with Crippen LogP contribution >= 0.6 is 11.6 Å². The fourth-order valence-corrected chi connectivity index (χ4v) is 2.74. The van der Waals surface area contributed by atoms with Crippen LogP contribution in [0.4, 0.5) is 4.79 Å². The first kappa shape index (κ1) is 21.4. The maximum absolute atomic E-state index is 12.1. The Morgan fingerprint density at radius 1 is 1.11 bits per heavy atom. The van der Waals surface area contributed by atoms with Gasteiger partial charge in [-0.1, -0.05) is 11.6 Å². The van der Waals surface area contributed by atoms with Crippen LogP contribution in [0, 0.1) is 0 Å². The molecule has 0 bridgehead atoms. The summed E-state index contributed by atoms with van der Waals surface area (Å²) in [6.07, 6.45) is -0.167. The van der Waals surface area contributed by atoms with Crippen LogP contribution in [0.1, 0.15) is 37.0 Å². The van der Waals surface area contributed by atoms with Gasteiger partial charge < -0.3 is 20.1 Å². The van der Waals surface area contributed by atoms with Gasteiger partial charge >= 0.3 is 18.0 Å². The number of urea groups is 1. The summed E-state index contributed by atoms with van der Waals surface area (Å²) in [7, 11) is 0. The average molecular weight is 409 g/mol. The summed E-state index contributed by atoms with van der Waals surface area (Å²) < 4.78 is 10.1. The standard InChI is InChI=1S/C19H21ClN2O6/c1-3-27-18(25)17-11(2)21-19(26)22-14(17)10-28-16(24)9-8-15(23)12-4-6-13(20)7-5-12/h4-7,11H,3,8-10H2,1-2H3,(H2,21,22,26)/t11-/m1/s1. The molecule has 0 unspecified atom stereocenters. The minimum absolute atomic E-state index is 0.0332. The van der Waals surface area contributed by atoms with Crippen LogP contribution < -0.4 is 10.6 Å². The number of hydrogen-bond acceptors (Lipinski definition) is 6. The van der Waals surface area contributed by atoms with Crippen molar-refractivity contribution in [2.45, 2.75) is 32.7 Å². The van der Waals surface area contributed by atoms with E-state index in [1.807, 2.05) is 0 Å². The van der Waals surface area contributed by atoms with Crippen molar-refractivity contribution >= 4 is 35.4 Å². The molecule has 2 N–H and O–H groups in total. The monoisotopic (exact) mass is 408 g/mol.